The standard InChI is InChI=1S/C29H29FN4O2S/c30-22-11-9-21(10-12-22)27-23(17-31)29(32-24-7-4-8-25(35)28(24)27)37-19-26(36)34-15-13-33(14-16-34)18-20-5-2-1-3-6-20/h1-3,5-6,9-12,27,32H,4,7-8,13-16,18-19H2/t27-/m0/s1. The van der Waals surface area contributed by atoms with Crippen LogP contribution in [0.3, 0.4) is 0 Å². The van der Waals surface area contributed by atoms with E-state index < -0.39 is 5.92 Å². The van der Waals surface area contributed by atoms with Crippen molar-refractivity contribution in [3.63, 3.8) is 0 Å². The number of carbonyl (C=O) groups excluding carboxylic acids is 2. The summed E-state index contributed by atoms with van der Waals surface area (Å²) in [4.78, 5) is 30.2. The molecule has 0 saturated carbocycles. The first-order valence-corrected chi connectivity index (χ1v) is 13.6. The molecule has 3 aliphatic rings. The topological polar surface area (TPSA) is 76.4 Å². The zero-order chi connectivity index (χ0) is 25.8. The summed E-state index contributed by atoms with van der Waals surface area (Å²) in [5.74, 6) is -0.654. The molecule has 5 rings (SSSR count). The van der Waals surface area contributed by atoms with Gasteiger partial charge < -0.3 is 10.2 Å². The maximum atomic E-state index is 13.6. The van der Waals surface area contributed by atoms with Gasteiger partial charge in [-0.3, -0.25) is 14.5 Å². The fourth-order valence-electron chi connectivity index (χ4n) is 5.25. The molecule has 2 aromatic rings. The summed E-state index contributed by atoms with van der Waals surface area (Å²) in [6.07, 6.45) is 1.89. The second kappa shape index (κ2) is 11.3. The van der Waals surface area contributed by atoms with Crippen molar-refractivity contribution in [3.05, 3.63) is 93.4 Å². The molecular weight excluding hydrogens is 487 g/mol. The van der Waals surface area contributed by atoms with Gasteiger partial charge in [0.25, 0.3) is 0 Å². The van der Waals surface area contributed by atoms with Crippen molar-refractivity contribution < 1.29 is 14.0 Å². The molecule has 1 aliphatic carbocycles. The molecule has 1 fully saturated rings. The van der Waals surface area contributed by atoms with Crippen molar-refractivity contribution >= 4 is 23.5 Å². The summed E-state index contributed by atoms with van der Waals surface area (Å²) in [7, 11) is 0. The first kappa shape index (κ1) is 25.2. The summed E-state index contributed by atoms with van der Waals surface area (Å²) in [6, 6.07) is 18.6. The molecule has 2 aliphatic heterocycles. The third-order valence-electron chi connectivity index (χ3n) is 7.18. The summed E-state index contributed by atoms with van der Waals surface area (Å²) >= 11 is 1.32. The molecule has 8 heteroatoms. The van der Waals surface area contributed by atoms with Crippen LogP contribution >= 0.6 is 11.8 Å². The van der Waals surface area contributed by atoms with E-state index in [-0.39, 0.29) is 23.3 Å². The molecule has 0 bridgehead atoms. The van der Waals surface area contributed by atoms with Crippen LogP contribution < -0.4 is 5.32 Å². The van der Waals surface area contributed by atoms with Crippen LogP contribution in [0.4, 0.5) is 4.39 Å². The summed E-state index contributed by atoms with van der Waals surface area (Å²) in [6.45, 7) is 3.86. The van der Waals surface area contributed by atoms with Gasteiger partial charge in [-0.05, 0) is 36.1 Å². The number of nitriles is 1. The van der Waals surface area contributed by atoms with Gasteiger partial charge in [0.2, 0.25) is 5.91 Å². The molecule has 1 atom stereocenters. The lowest BCUT2D eigenvalue weighted by Gasteiger charge is -2.35. The highest BCUT2D eigenvalue weighted by Gasteiger charge is 2.37. The van der Waals surface area contributed by atoms with E-state index in [1.807, 2.05) is 23.1 Å². The Morgan fingerprint density at radius 2 is 1.78 bits per heavy atom. The lowest BCUT2D eigenvalue weighted by Crippen LogP contribution is -2.48. The van der Waals surface area contributed by atoms with Crippen molar-refractivity contribution in [3.8, 4) is 6.07 Å². The van der Waals surface area contributed by atoms with Gasteiger partial charge in [-0.25, -0.2) is 4.39 Å². The number of amides is 1. The number of benzene rings is 2. The first-order chi connectivity index (χ1) is 18.0. The second-order valence-corrected chi connectivity index (χ2v) is 10.5. The van der Waals surface area contributed by atoms with Gasteiger partial charge >= 0.3 is 0 Å². The molecule has 1 N–H and O–H groups in total. The van der Waals surface area contributed by atoms with Gasteiger partial charge in [0.1, 0.15) is 5.82 Å². The predicted octanol–water partition coefficient (Wildman–Crippen LogP) is 4.33. The average molecular weight is 517 g/mol. The fraction of sp³-hybridized carbons (Fsp3) is 0.345. The minimum absolute atomic E-state index is 0.0179. The number of Topliss-reactive ketones (excluding diaryl/α,β-unsaturated/α-hetero) is 1. The molecule has 2 heterocycles. The monoisotopic (exact) mass is 516 g/mol. The van der Waals surface area contributed by atoms with Crippen LogP contribution in [-0.4, -0.2) is 53.4 Å². The number of hydrogen-bond donors (Lipinski definition) is 1. The third kappa shape index (κ3) is 5.63. The largest absolute Gasteiger partial charge is 0.352 e. The second-order valence-electron chi connectivity index (χ2n) is 9.56. The van der Waals surface area contributed by atoms with Crippen molar-refractivity contribution in [2.75, 3.05) is 31.9 Å². The van der Waals surface area contributed by atoms with Gasteiger partial charge in [-0.15, -0.1) is 0 Å². The van der Waals surface area contributed by atoms with Crippen LogP contribution in [0.25, 0.3) is 0 Å². The Kier molecular flexibility index (Phi) is 7.73. The van der Waals surface area contributed by atoms with Crippen molar-refractivity contribution in [2.24, 2.45) is 0 Å². The Morgan fingerprint density at radius 3 is 2.49 bits per heavy atom. The minimum atomic E-state index is -0.547. The van der Waals surface area contributed by atoms with E-state index in [1.54, 1.807) is 12.1 Å². The highest BCUT2D eigenvalue weighted by molar-refractivity contribution is 8.03. The normalized spacial score (nSPS) is 20.4. The zero-order valence-corrected chi connectivity index (χ0v) is 21.4. The van der Waals surface area contributed by atoms with Crippen molar-refractivity contribution in [2.45, 2.75) is 31.7 Å². The quantitative estimate of drug-likeness (QED) is 0.616. The van der Waals surface area contributed by atoms with E-state index in [0.717, 1.165) is 31.8 Å². The summed E-state index contributed by atoms with van der Waals surface area (Å²) in [5.41, 5.74) is 3.80. The van der Waals surface area contributed by atoms with Crippen molar-refractivity contribution in [1.29, 1.82) is 5.26 Å². The van der Waals surface area contributed by atoms with E-state index in [4.69, 9.17) is 0 Å². The number of dihydropyridines is 1. The number of ketones is 1. The Morgan fingerprint density at radius 1 is 1.05 bits per heavy atom. The number of hydrogen-bond acceptors (Lipinski definition) is 6. The number of rotatable bonds is 6. The number of piperazine rings is 1. The molecule has 1 amide bonds. The van der Waals surface area contributed by atoms with Crippen LogP contribution in [0.5, 0.6) is 0 Å². The molecule has 0 aromatic heterocycles. The smallest absolute Gasteiger partial charge is 0.233 e. The molecule has 2 aromatic carbocycles. The van der Waals surface area contributed by atoms with Crippen LogP contribution in [0.1, 0.15) is 36.3 Å². The van der Waals surface area contributed by atoms with Gasteiger partial charge in [0.05, 0.1) is 28.3 Å². The summed E-state index contributed by atoms with van der Waals surface area (Å²) < 4.78 is 13.6. The van der Waals surface area contributed by atoms with E-state index in [0.29, 0.717) is 47.7 Å². The van der Waals surface area contributed by atoms with E-state index in [9.17, 15) is 19.2 Å². The number of nitrogens with zero attached hydrogens (tertiary/aromatic N) is 3. The van der Waals surface area contributed by atoms with Gasteiger partial charge in [-0.1, -0.05) is 54.2 Å². The highest BCUT2D eigenvalue weighted by atomic mass is 32.2. The highest BCUT2D eigenvalue weighted by Crippen LogP contribution is 2.44. The fourth-order valence-corrected chi connectivity index (χ4v) is 6.21. The zero-order valence-electron chi connectivity index (χ0n) is 20.6. The van der Waals surface area contributed by atoms with Crippen LogP contribution in [0.15, 0.2) is 76.5 Å². The molecule has 37 heavy (non-hydrogen) atoms. The van der Waals surface area contributed by atoms with E-state index in [2.05, 4.69) is 28.4 Å². The Balaban J connectivity index is 1.27. The van der Waals surface area contributed by atoms with Crippen LogP contribution in [0.2, 0.25) is 0 Å². The molecular formula is C29H29FN4O2S. The Hall–Kier alpha value is -3.41. The van der Waals surface area contributed by atoms with Crippen LogP contribution in [-0.2, 0) is 16.1 Å². The molecule has 1 saturated heterocycles. The lowest BCUT2D eigenvalue weighted by molar-refractivity contribution is -0.130. The Bertz CT molecular complexity index is 1280. The molecule has 0 spiro atoms. The molecule has 0 unspecified atom stereocenters. The molecule has 0 radical (unpaired) electrons. The first-order valence-electron chi connectivity index (χ1n) is 12.6. The average Bonchev–Trinajstić information content (AvgIpc) is 2.92. The maximum absolute atomic E-state index is 13.6. The third-order valence-corrected chi connectivity index (χ3v) is 8.18. The lowest BCUT2D eigenvalue weighted by atomic mass is 9.77. The molecule has 6 nitrogen and oxygen atoms in total. The number of halogens is 1. The summed E-state index contributed by atoms with van der Waals surface area (Å²) in [5, 5.41) is 14.0. The van der Waals surface area contributed by atoms with Gasteiger partial charge in [0.15, 0.2) is 5.78 Å². The number of nitrogens with one attached hydrogen (secondary N) is 1. The Labute approximate surface area is 220 Å². The molecule has 190 valence electrons. The van der Waals surface area contributed by atoms with E-state index >= 15 is 0 Å². The van der Waals surface area contributed by atoms with Gasteiger partial charge in [-0.2, -0.15) is 5.26 Å². The number of allylic oxidation sites excluding steroid dienone is 3. The number of carbonyl (C=O) groups is 2. The van der Waals surface area contributed by atoms with Crippen molar-refractivity contribution in [1.82, 2.24) is 15.1 Å². The van der Waals surface area contributed by atoms with Gasteiger partial charge in [0, 0.05) is 50.4 Å². The minimum Gasteiger partial charge on any atom is -0.352 e. The van der Waals surface area contributed by atoms with E-state index in [1.165, 1.54) is 29.5 Å². The predicted molar refractivity (Wildman–Crippen MR) is 142 cm³/mol. The maximum Gasteiger partial charge on any atom is 0.233 e. The SMILES string of the molecule is N#CC1=C(SCC(=O)N2CCN(Cc3ccccc3)CC2)NC2=C(C(=O)CCC2)[C@H]1c1ccc(F)cc1. The van der Waals surface area contributed by atoms with Crippen LogP contribution in [0, 0.1) is 17.1 Å². The number of thioether (sulfide) groups is 1.